The van der Waals surface area contributed by atoms with Crippen molar-refractivity contribution in [2.75, 3.05) is 18.6 Å². The van der Waals surface area contributed by atoms with Crippen molar-refractivity contribution in [2.24, 2.45) is 5.92 Å². The molecule has 140 valence electrons. The maximum atomic E-state index is 13.5. The summed E-state index contributed by atoms with van der Waals surface area (Å²) in [4.78, 5) is 17.6. The summed E-state index contributed by atoms with van der Waals surface area (Å²) < 4.78 is 5.25. The van der Waals surface area contributed by atoms with Crippen LogP contribution in [0.2, 0.25) is 5.02 Å². The molecule has 0 spiro atoms. The van der Waals surface area contributed by atoms with E-state index in [1.165, 1.54) is 18.4 Å². The average Bonchev–Trinajstić information content (AvgIpc) is 3.45. The van der Waals surface area contributed by atoms with E-state index in [4.69, 9.17) is 16.3 Å². The number of ether oxygens (including phenoxy) is 1. The first-order valence-corrected chi connectivity index (χ1v) is 10.0. The van der Waals surface area contributed by atoms with Crippen LogP contribution >= 0.6 is 11.6 Å². The van der Waals surface area contributed by atoms with Crippen LogP contribution in [0.15, 0.2) is 42.5 Å². The van der Waals surface area contributed by atoms with Crippen molar-refractivity contribution in [3.8, 4) is 5.75 Å². The minimum atomic E-state index is -0.145. The number of hydrogen-bond donors (Lipinski definition) is 0. The van der Waals surface area contributed by atoms with Gasteiger partial charge in [0.05, 0.1) is 24.9 Å². The second-order valence-corrected chi connectivity index (χ2v) is 8.27. The van der Waals surface area contributed by atoms with Gasteiger partial charge >= 0.3 is 6.03 Å². The number of halogens is 1. The predicted octanol–water partition coefficient (Wildman–Crippen LogP) is 5.19. The van der Waals surface area contributed by atoms with E-state index >= 15 is 0 Å². The van der Waals surface area contributed by atoms with Crippen LogP contribution in [-0.4, -0.2) is 24.6 Å². The van der Waals surface area contributed by atoms with Crippen molar-refractivity contribution in [1.82, 2.24) is 4.90 Å². The zero-order valence-electron chi connectivity index (χ0n) is 15.5. The Morgan fingerprint density at radius 2 is 1.96 bits per heavy atom. The first kappa shape index (κ1) is 16.9. The van der Waals surface area contributed by atoms with Crippen LogP contribution in [-0.2, 0) is 12.1 Å². The number of fused-ring (bicyclic) bond motifs is 3. The number of amides is 2. The monoisotopic (exact) mass is 382 g/mol. The molecule has 1 atom stereocenters. The van der Waals surface area contributed by atoms with E-state index in [2.05, 4.69) is 11.0 Å². The van der Waals surface area contributed by atoms with E-state index in [-0.39, 0.29) is 11.6 Å². The molecule has 1 saturated carbocycles. The van der Waals surface area contributed by atoms with Crippen LogP contribution in [0.5, 0.6) is 5.75 Å². The van der Waals surface area contributed by atoms with Crippen molar-refractivity contribution in [3.05, 3.63) is 58.6 Å². The van der Waals surface area contributed by atoms with E-state index < -0.39 is 0 Å². The Bertz CT molecular complexity index is 894. The minimum absolute atomic E-state index is 0.130. The number of rotatable bonds is 4. The lowest BCUT2D eigenvalue weighted by atomic mass is 9.80. The van der Waals surface area contributed by atoms with Gasteiger partial charge < -0.3 is 9.64 Å². The van der Waals surface area contributed by atoms with Gasteiger partial charge in [-0.05, 0) is 67.5 Å². The third-order valence-corrected chi connectivity index (χ3v) is 6.59. The zero-order valence-corrected chi connectivity index (χ0v) is 16.2. The summed E-state index contributed by atoms with van der Waals surface area (Å²) in [5.74, 6) is 1.40. The molecule has 3 aliphatic rings. The number of anilines is 1. The van der Waals surface area contributed by atoms with Gasteiger partial charge in [0.1, 0.15) is 5.75 Å². The summed E-state index contributed by atoms with van der Waals surface area (Å²) in [5.41, 5.74) is 3.20. The molecular weight excluding hydrogens is 360 g/mol. The van der Waals surface area contributed by atoms with E-state index in [0.29, 0.717) is 12.5 Å². The molecule has 2 fully saturated rings. The Morgan fingerprint density at radius 1 is 1.19 bits per heavy atom. The second kappa shape index (κ2) is 6.16. The Balaban J connectivity index is 1.59. The van der Waals surface area contributed by atoms with Crippen LogP contribution < -0.4 is 9.64 Å². The minimum Gasteiger partial charge on any atom is -0.497 e. The van der Waals surface area contributed by atoms with Crippen LogP contribution in [0.1, 0.15) is 36.8 Å². The van der Waals surface area contributed by atoms with Gasteiger partial charge in [0.2, 0.25) is 0 Å². The van der Waals surface area contributed by atoms with Gasteiger partial charge in [-0.2, -0.15) is 0 Å². The Kier molecular flexibility index (Phi) is 3.87. The van der Waals surface area contributed by atoms with Crippen molar-refractivity contribution in [2.45, 2.75) is 37.8 Å². The van der Waals surface area contributed by atoms with E-state index in [1.54, 1.807) is 7.11 Å². The van der Waals surface area contributed by atoms with Crippen LogP contribution in [0.25, 0.3) is 0 Å². The Labute approximate surface area is 164 Å². The highest BCUT2D eigenvalue weighted by molar-refractivity contribution is 6.30. The SMILES string of the molecule is COc1ccc(CN2C(=O)N3CCCC3(C3CC3)c3cc(Cl)ccc32)cc1. The summed E-state index contributed by atoms with van der Waals surface area (Å²) >= 11 is 6.40. The molecule has 4 nitrogen and oxygen atoms in total. The van der Waals surface area contributed by atoms with Crippen molar-refractivity contribution in [3.63, 3.8) is 0 Å². The van der Waals surface area contributed by atoms with Crippen LogP contribution in [0.3, 0.4) is 0 Å². The van der Waals surface area contributed by atoms with Gasteiger partial charge in [-0.15, -0.1) is 0 Å². The summed E-state index contributed by atoms with van der Waals surface area (Å²) in [6.07, 6.45) is 4.51. The number of benzene rings is 2. The van der Waals surface area contributed by atoms with Gasteiger partial charge in [-0.3, -0.25) is 4.90 Å². The standard InChI is InChI=1S/C22H23ClN2O2/c1-27-18-8-3-15(4-9-18)14-24-20-10-7-17(23)13-19(20)22(16-5-6-16)11-2-12-25(22)21(24)26/h3-4,7-10,13,16H,2,5-6,11-12,14H2,1H3. The van der Waals surface area contributed by atoms with Gasteiger partial charge in [-0.1, -0.05) is 23.7 Å². The molecule has 2 amide bonds. The first-order valence-electron chi connectivity index (χ1n) is 9.65. The zero-order chi connectivity index (χ0) is 18.6. The number of methoxy groups -OCH3 is 1. The Morgan fingerprint density at radius 3 is 2.67 bits per heavy atom. The summed E-state index contributed by atoms with van der Waals surface area (Å²) in [6, 6.07) is 14.1. The first-order chi connectivity index (χ1) is 13.1. The lowest BCUT2D eigenvalue weighted by molar-refractivity contribution is 0.126. The lowest BCUT2D eigenvalue weighted by Crippen LogP contribution is -2.56. The topological polar surface area (TPSA) is 32.8 Å². The van der Waals surface area contributed by atoms with E-state index in [9.17, 15) is 4.79 Å². The van der Waals surface area contributed by atoms with Gasteiger partial charge in [0.15, 0.2) is 0 Å². The molecule has 27 heavy (non-hydrogen) atoms. The molecule has 1 unspecified atom stereocenters. The molecule has 2 aliphatic heterocycles. The highest BCUT2D eigenvalue weighted by Gasteiger charge is 2.58. The van der Waals surface area contributed by atoms with Crippen LogP contribution in [0, 0.1) is 5.92 Å². The fourth-order valence-electron chi connectivity index (χ4n) is 5.00. The molecule has 0 radical (unpaired) electrons. The predicted molar refractivity (Wildman–Crippen MR) is 106 cm³/mol. The number of hydrogen-bond acceptors (Lipinski definition) is 2. The summed E-state index contributed by atoms with van der Waals surface area (Å²) in [6.45, 7) is 1.38. The maximum Gasteiger partial charge on any atom is 0.325 e. The average molecular weight is 383 g/mol. The number of urea groups is 1. The quantitative estimate of drug-likeness (QED) is 0.728. The number of carbonyl (C=O) groups is 1. The molecule has 0 aromatic heterocycles. The molecule has 5 rings (SSSR count). The van der Waals surface area contributed by atoms with E-state index in [0.717, 1.165) is 41.4 Å². The molecular formula is C22H23ClN2O2. The van der Waals surface area contributed by atoms with Gasteiger partial charge in [0.25, 0.3) is 0 Å². The molecule has 0 N–H and O–H groups in total. The molecule has 1 aliphatic carbocycles. The summed E-state index contributed by atoms with van der Waals surface area (Å²) in [7, 11) is 1.66. The third kappa shape index (κ3) is 2.53. The summed E-state index contributed by atoms with van der Waals surface area (Å²) in [5, 5.41) is 0.749. The van der Waals surface area contributed by atoms with Crippen molar-refractivity contribution < 1.29 is 9.53 Å². The maximum absolute atomic E-state index is 13.5. The second-order valence-electron chi connectivity index (χ2n) is 7.83. The largest absolute Gasteiger partial charge is 0.497 e. The third-order valence-electron chi connectivity index (χ3n) is 6.35. The Hall–Kier alpha value is -2.20. The number of nitrogens with zero attached hydrogens (tertiary/aromatic N) is 2. The van der Waals surface area contributed by atoms with E-state index in [1.807, 2.05) is 41.3 Å². The van der Waals surface area contributed by atoms with Crippen LogP contribution in [0.4, 0.5) is 10.5 Å². The smallest absolute Gasteiger partial charge is 0.325 e. The highest BCUT2D eigenvalue weighted by Crippen LogP contribution is 2.59. The molecule has 2 aromatic carbocycles. The fourth-order valence-corrected chi connectivity index (χ4v) is 5.17. The molecule has 2 heterocycles. The molecule has 1 saturated heterocycles. The normalized spacial score (nSPS) is 24.0. The lowest BCUT2D eigenvalue weighted by Gasteiger charge is -2.48. The van der Waals surface area contributed by atoms with Gasteiger partial charge in [0, 0.05) is 17.1 Å². The number of carbonyl (C=O) groups excluding carboxylic acids is 1. The van der Waals surface area contributed by atoms with Gasteiger partial charge in [-0.25, -0.2) is 4.79 Å². The molecule has 0 bridgehead atoms. The fraction of sp³-hybridized carbons (Fsp3) is 0.409. The van der Waals surface area contributed by atoms with Crippen molar-refractivity contribution in [1.29, 1.82) is 0 Å². The highest BCUT2D eigenvalue weighted by atomic mass is 35.5. The molecule has 2 aromatic rings. The molecule has 5 heteroatoms. The van der Waals surface area contributed by atoms with Crippen molar-refractivity contribution >= 4 is 23.3 Å².